The fraction of sp³-hybridized carbons (Fsp3) is 0.962. The average molecular weight is 1370 g/mol. The molecule has 41 heteroatoms. The molecule has 0 spiro atoms. The Hall–Kier alpha value is -2.54. The Morgan fingerprint density at radius 1 is 0.301 bits per heavy atom. The lowest BCUT2D eigenvalue weighted by molar-refractivity contribution is -0.394. The number of carbonyl (C=O) groups excluding carboxylic acids is 2. The fourth-order valence-electron chi connectivity index (χ4n) is 12.1. The normalized spacial score (nSPS) is 51.6. The van der Waals surface area contributed by atoms with E-state index in [0.717, 1.165) is 13.8 Å². The van der Waals surface area contributed by atoms with Gasteiger partial charge in [0.1, 0.15) is 183 Å². The molecule has 0 saturated carbocycles. The van der Waals surface area contributed by atoms with Gasteiger partial charge in [-0.1, -0.05) is 0 Å². The number of aliphatic hydroxyl groups excluding tert-OH is 22. The zero-order chi connectivity index (χ0) is 68.5. The number of carbonyl (C=O) groups is 2. The third-order valence-electron chi connectivity index (χ3n) is 17.4. The molecule has 2 amide bonds. The van der Waals surface area contributed by atoms with Crippen LogP contribution >= 0.6 is 0 Å². The van der Waals surface area contributed by atoms with Crippen molar-refractivity contribution < 1.29 is 193 Å². The van der Waals surface area contributed by atoms with E-state index in [9.17, 15) is 122 Å². The molecule has 0 aromatic carbocycles. The molecule has 8 fully saturated rings. The molecular formula is C52H88N2O39. The van der Waals surface area contributed by atoms with Crippen LogP contribution in [0.15, 0.2) is 0 Å². The van der Waals surface area contributed by atoms with E-state index in [4.69, 9.17) is 71.1 Å². The van der Waals surface area contributed by atoms with Crippen molar-refractivity contribution in [3.8, 4) is 0 Å². The van der Waals surface area contributed by atoms with Gasteiger partial charge in [-0.25, -0.2) is 0 Å². The third kappa shape index (κ3) is 16.4. The van der Waals surface area contributed by atoms with Crippen LogP contribution in [0.4, 0.5) is 0 Å². The third-order valence-corrected chi connectivity index (χ3v) is 17.4. The molecule has 0 bridgehead atoms. The topological polar surface area (TPSA) is 642 Å². The Bertz CT molecular complexity index is 2350. The first-order valence-electron chi connectivity index (χ1n) is 29.9. The average Bonchev–Trinajstić information content (AvgIpc) is 0.778. The van der Waals surface area contributed by atoms with Crippen molar-refractivity contribution in [1.29, 1.82) is 0 Å². The second-order valence-electron chi connectivity index (χ2n) is 23.9. The summed E-state index contributed by atoms with van der Waals surface area (Å²) >= 11 is 0. The SMILES string of the molecule is CC(=O)N[C@H]1[C@H](OC[C@H]2O[C@@H](O[C@H]3[C@H](O)[C@@H](O)[C@@H](O)O[C@@H]3CO)[C@H](O)[C@@H](O[C@@H]3O[C@H](CO)[C@@H](O[C@@H]4O[C@H](CO)[C@H](O)[C@H](O)[C@H]4O)[C@H](O[C@@H]4O[C@@H](C)[C@@H](O)[C@@H](O)[C@@H]4O)[C@H]3NC(C)=O)[C@H]2O)O[C@H](CO)[C@@H](O[C@@H]2O[C@H](CO)[C@H](O)[C@H](O)[C@H]2O)[C@@H]1O[C@@H]1O[C@@H](C)[C@@H](O)[C@@H](O)[C@@H]1O. The highest BCUT2D eigenvalue weighted by atomic mass is 16.8. The van der Waals surface area contributed by atoms with Crippen LogP contribution in [0.25, 0.3) is 0 Å². The summed E-state index contributed by atoms with van der Waals surface area (Å²) < 4.78 is 89.1. The van der Waals surface area contributed by atoms with Crippen molar-refractivity contribution in [3.63, 3.8) is 0 Å². The van der Waals surface area contributed by atoms with E-state index < -0.39 is 297 Å². The van der Waals surface area contributed by atoms with Crippen LogP contribution in [0, 0.1) is 0 Å². The number of aliphatic hydroxyl groups is 22. The van der Waals surface area contributed by atoms with E-state index >= 15 is 0 Å². The molecule has 8 aliphatic rings. The number of hydrogen-bond donors (Lipinski definition) is 24. The van der Waals surface area contributed by atoms with Gasteiger partial charge in [0.2, 0.25) is 11.8 Å². The Kier molecular flexibility index (Phi) is 26.7. The molecule has 93 heavy (non-hydrogen) atoms. The van der Waals surface area contributed by atoms with Gasteiger partial charge in [0, 0.05) is 13.8 Å². The Balaban J connectivity index is 1.16. The van der Waals surface area contributed by atoms with Gasteiger partial charge in [0.05, 0.1) is 51.8 Å². The minimum atomic E-state index is -2.42. The van der Waals surface area contributed by atoms with Gasteiger partial charge in [0.15, 0.2) is 50.3 Å². The van der Waals surface area contributed by atoms with Gasteiger partial charge in [-0.3, -0.25) is 9.59 Å². The van der Waals surface area contributed by atoms with E-state index in [1.807, 2.05) is 0 Å². The molecule has 0 unspecified atom stereocenters. The van der Waals surface area contributed by atoms with Gasteiger partial charge in [-0.05, 0) is 13.8 Å². The smallest absolute Gasteiger partial charge is 0.217 e. The number of hydrogen-bond acceptors (Lipinski definition) is 39. The van der Waals surface area contributed by atoms with Crippen LogP contribution in [0.1, 0.15) is 27.7 Å². The van der Waals surface area contributed by atoms with E-state index in [-0.39, 0.29) is 0 Å². The highest BCUT2D eigenvalue weighted by Crippen LogP contribution is 2.39. The molecule has 8 rings (SSSR count). The summed E-state index contributed by atoms with van der Waals surface area (Å²) in [6.07, 6.45) is -75.0. The van der Waals surface area contributed by atoms with Crippen LogP contribution in [-0.2, 0) is 80.6 Å². The molecule has 0 aliphatic carbocycles. The number of nitrogens with one attached hydrogen (secondary N) is 2. The van der Waals surface area contributed by atoms with Crippen LogP contribution in [0.3, 0.4) is 0 Å². The lowest BCUT2D eigenvalue weighted by Crippen LogP contribution is -2.71. The lowest BCUT2D eigenvalue weighted by atomic mass is 9.93. The predicted octanol–water partition coefficient (Wildman–Crippen LogP) is -16.1. The van der Waals surface area contributed by atoms with E-state index in [2.05, 4.69) is 10.6 Å². The van der Waals surface area contributed by atoms with Crippen molar-refractivity contribution in [2.24, 2.45) is 0 Å². The quantitative estimate of drug-likeness (QED) is 0.0479. The van der Waals surface area contributed by atoms with Crippen molar-refractivity contribution in [1.82, 2.24) is 10.6 Å². The molecule has 8 heterocycles. The van der Waals surface area contributed by atoms with Crippen molar-refractivity contribution in [2.45, 2.75) is 273 Å². The standard InChI is InChI=1S/C52H88N2O39/c1-11-23(62)28(67)34(73)48(80-11)91-42-21(53-13(3)60)46(85-18(8-58)40(42)89-50-36(75)30(69)25(64)15(5-55)83-50)79-10-20-27(66)44(38(77)52(87-20)88-39-17(7-57)82-45(78)33(72)32(39)71)93-47-22(54-14(4)61)43(92-49-35(74)29(68)24(63)12(2)81-49)41(19(9-59)86-47)90-51-37(76)31(70)26(65)16(6-56)84-51/h11-12,15-52,55-59,62-78H,5-10H2,1-4H3,(H,53,60)(H,54,61)/t11-,12-,15+,16+,17+,18+,19+,20+,21+,22+,23+,24+,25-,26-,27-,28+,29+,30-,31-,32+,33+,34-,35-,36+,37+,38+,39+,40+,41+,42+,43+,44-,45-,46+,47-,48-,49-,50-,51-,52-/m0/s1. The first-order valence-corrected chi connectivity index (χ1v) is 29.9. The number of ether oxygens (including phenoxy) is 15. The Labute approximate surface area is 527 Å². The molecule has 540 valence electrons. The van der Waals surface area contributed by atoms with E-state index in [1.54, 1.807) is 0 Å². The maximum atomic E-state index is 13.3. The minimum absolute atomic E-state index is 0.912. The Morgan fingerprint density at radius 2 is 0.624 bits per heavy atom. The summed E-state index contributed by atoms with van der Waals surface area (Å²) in [6.45, 7) is -1.86. The van der Waals surface area contributed by atoms with Crippen molar-refractivity contribution in [3.05, 3.63) is 0 Å². The molecule has 24 N–H and O–H groups in total. The summed E-state index contributed by atoms with van der Waals surface area (Å²) in [4.78, 5) is 26.5. The largest absolute Gasteiger partial charge is 0.394 e. The maximum absolute atomic E-state index is 13.3. The number of amides is 2. The summed E-state index contributed by atoms with van der Waals surface area (Å²) in [5, 5.41) is 244. The van der Waals surface area contributed by atoms with Crippen LogP contribution in [0.5, 0.6) is 0 Å². The molecule has 40 atom stereocenters. The lowest BCUT2D eigenvalue weighted by Gasteiger charge is -2.52. The molecule has 8 saturated heterocycles. The first kappa shape index (κ1) is 76.2. The molecular weight excluding hydrogens is 1280 g/mol. The van der Waals surface area contributed by atoms with Crippen LogP contribution in [0.2, 0.25) is 0 Å². The second-order valence-corrected chi connectivity index (χ2v) is 23.9. The Morgan fingerprint density at radius 3 is 1.04 bits per heavy atom. The minimum Gasteiger partial charge on any atom is -0.394 e. The van der Waals surface area contributed by atoms with E-state index in [0.29, 0.717) is 0 Å². The van der Waals surface area contributed by atoms with Crippen LogP contribution < -0.4 is 10.6 Å². The molecule has 0 aromatic heterocycles. The summed E-state index contributed by atoms with van der Waals surface area (Å²) in [6, 6.07) is -3.80. The van der Waals surface area contributed by atoms with Crippen molar-refractivity contribution >= 4 is 11.8 Å². The van der Waals surface area contributed by atoms with Gasteiger partial charge in [-0.2, -0.15) is 0 Å². The highest BCUT2D eigenvalue weighted by molar-refractivity contribution is 5.73. The van der Waals surface area contributed by atoms with Gasteiger partial charge in [-0.15, -0.1) is 0 Å². The van der Waals surface area contributed by atoms with Crippen LogP contribution in [-0.4, -0.2) is 409 Å². The van der Waals surface area contributed by atoms with E-state index in [1.165, 1.54) is 13.8 Å². The highest BCUT2D eigenvalue weighted by Gasteiger charge is 2.60. The van der Waals surface area contributed by atoms with Crippen molar-refractivity contribution in [2.75, 3.05) is 39.6 Å². The summed E-state index contributed by atoms with van der Waals surface area (Å²) in [7, 11) is 0. The molecule has 8 aliphatic heterocycles. The second kappa shape index (κ2) is 32.6. The number of rotatable bonds is 22. The predicted molar refractivity (Wildman–Crippen MR) is 285 cm³/mol. The summed E-state index contributed by atoms with van der Waals surface area (Å²) in [5.74, 6) is -1.88. The van der Waals surface area contributed by atoms with Gasteiger partial charge < -0.3 is 194 Å². The molecule has 0 radical (unpaired) electrons. The first-order chi connectivity index (χ1) is 43.9. The molecule has 0 aromatic rings. The zero-order valence-corrected chi connectivity index (χ0v) is 50.1. The zero-order valence-electron chi connectivity index (χ0n) is 50.1. The van der Waals surface area contributed by atoms with Gasteiger partial charge >= 0.3 is 0 Å². The molecule has 41 nitrogen and oxygen atoms in total. The fourth-order valence-corrected chi connectivity index (χ4v) is 12.1. The monoisotopic (exact) mass is 1360 g/mol. The maximum Gasteiger partial charge on any atom is 0.217 e. The van der Waals surface area contributed by atoms with Gasteiger partial charge in [0.25, 0.3) is 0 Å². The summed E-state index contributed by atoms with van der Waals surface area (Å²) in [5.41, 5.74) is 0.